The van der Waals surface area contributed by atoms with Crippen molar-refractivity contribution < 1.29 is 4.79 Å². The summed E-state index contributed by atoms with van der Waals surface area (Å²) in [6, 6.07) is 7.83. The van der Waals surface area contributed by atoms with Gasteiger partial charge in [0, 0.05) is 46.9 Å². The summed E-state index contributed by atoms with van der Waals surface area (Å²) in [5.41, 5.74) is 5.77. The van der Waals surface area contributed by atoms with E-state index in [1.54, 1.807) is 24.8 Å². The van der Waals surface area contributed by atoms with Crippen molar-refractivity contribution >= 4 is 33.4 Å². The molecule has 154 valence electrons. The Morgan fingerprint density at radius 2 is 1.97 bits per heavy atom. The molecule has 5 aromatic heterocycles. The molecule has 1 amide bonds. The zero-order valence-corrected chi connectivity index (χ0v) is 17.2. The molecule has 0 radical (unpaired) electrons. The fraction of sp³-hybridized carbons (Fsp3) is 0.174. The maximum absolute atomic E-state index is 12.1. The number of hydrogen-bond donors (Lipinski definition) is 3. The molecule has 5 aromatic rings. The minimum atomic E-state index is -0.0252. The van der Waals surface area contributed by atoms with Gasteiger partial charge in [0.25, 0.3) is 0 Å². The second-order valence-electron chi connectivity index (χ2n) is 7.94. The van der Waals surface area contributed by atoms with E-state index in [-0.39, 0.29) is 5.91 Å². The van der Waals surface area contributed by atoms with Crippen LogP contribution >= 0.6 is 0 Å². The van der Waals surface area contributed by atoms with Gasteiger partial charge in [-0.1, -0.05) is 13.8 Å². The van der Waals surface area contributed by atoms with E-state index in [0.717, 1.165) is 44.5 Å². The van der Waals surface area contributed by atoms with E-state index in [2.05, 4.69) is 35.5 Å². The number of nitrogens with one attached hydrogen (secondary N) is 3. The van der Waals surface area contributed by atoms with Crippen LogP contribution in [0.1, 0.15) is 20.3 Å². The highest BCUT2D eigenvalue weighted by Gasteiger charge is 2.14. The van der Waals surface area contributed by atoms with Crippen LogP contribution in [0, 0.1) is 5.92 Å². The number of hydrogen-bond acceptors (Lipinski definition) is 5. The molecule has 0 aliphatic heterocycles. The highest BCUT2D eigenvalue weighted by Crippen LogP contribution is 2.30. The second kappa shape index (κ2) is 7.64. The van der Waals surface area contributed by atoms with Gasteiger partial charge >= 0.3 is 0 Å². The number of carbonyl (C=O) groups excluding carboxylic acids is 1. The van der Waals surface area contributed by atoms with Crippen molar-refractivity contribution in [3.8, 4) is 22.6 Å². The monoisotopic (exact) mass is 411 g/mol. The van der Waals surface area contributed by atoms with E-state index in [4.69, 9.17) is 0 Å². The molecule has 5 rings (SSSR count). The minimum Gasteiger partial charge on any atom is -0.353 e. The average Bonchev–Trinajstić information content (AvgIpc) is 3.36. The summed E-state index contributed by atoms with van der Waals surface area (Å²) in [6.45, 7) is 4.03. The van der Waals surface area contributed by atoms with E-state index in [9.17, 15) is 4.79 Å². The molecule has 0 aromatic carbocycles. The van der Waals surface area contributed by atoms with Crippen LogP contribution in [0.15, 0.2) is 55.2 Å². The van der Waals surface area contributed by atoms with Gasteiger partial charge in [-0.15, -0.1) is 0 Å². The zero-order chi connectivity index (χ0) is 21.4. The second-order valence-corrected chi connectivity index (χ2v) is 7.94. The van der Waals surface area contributed by atoms with Crippen molar-refractivity contribution in [2.45, 2.75) is 20.3 Å². The maximum Gasteiger partial charge on any atom is 0.224 e. The minimum absolute atomic E-state index is 0.0252. The lowest BCUT2D eigenvalue weighted by atomic mass is 10.1. The number of aromatic nitrogens is 6. The molecule has 0 saturated carbocycles. The third-order valence-electron chi connectivity index (χ3n) is 5.03. The number of nitrogens with zero attached hydrogens (tertiary/aromatic N) is 4. The van der Waals surface area contributed by atoms with Gasteiger partial charge in [0.1, 0.15) is 5.69 Å². The number of anilines is 1. The van der Waals surface area contributed by atoms with Crippen LogP contribution in [0.5, 0.6) is 0 Å². The van der Waals surface area contributed by atoms with Crippen LogP contribution < -0.4 is 5.32 Å². The van der Waals surface area contributed by atoms with Gasteiger partial charge in [0.15, 0.2) is 0 Å². The summed E-state index contributed by atoms with van der Waals surface area (Å²) in [4.78, 5) is 28.5. The zero-order valence-electron chi connectivity index (χ0n) is 17.2. The third-order valence-corrected chi connectivity index (χ3v) is 5.03. The quantitative estimate of drug-likeness (QED) is 0.393. The Morgan fingerprint density at radius 1 is 1.06 bits per heavy atom. The molecule has 31 heavy (non-hydrogen) atoms. The molecule has 0 bridgehead atoms. The predicted molar refractivity (Wildman–Crippen MR) is 120 cm³/mol. The number of aromatic amines is 2. The first kappa shape index (κ1) is 18.9. The molecule has 0 spiro atoms. The largest absolute Gasteiger partial charge is 0.353 e. The Morgan fingerprint density at radius 3 is 2.81 bits per heavy atom. The lowest BCUT2D eigenvalue weighted by molar-refractivity contribution is -0.116. The van der Waals surface area contributed by atoms with Gasteiger partial charge in [0.05, 0.1) is 35.0 Å². The molecule has 0 aliphatic carbocycles. The van der Waals surface area contributed by atoms with Gasteiger partial charge in [-0.25, -0.2) is 0 Å². The Labute approximate surface area is 178 Å². The van der Waals surface area contributed by atoms with E-state index >= 15 is 0 Å². The van der Waals surface area contributed by atoms with Crippen molar-refractivity contribution in [3.63, 3.8) is 0 Å². The van der Waals surface area contributed by atoms with Crippen LogP contribution in [0.4, 0.5) is 5.69 Å². The van der Waals surface area contributed by atoms with Crippen LogP contribution in [0.3, 0.4) is 0 Å². The van der Waals surface area contributed by atoms with E-state index < -0.39 is 0 Å². The van der Waals surface area contributed by atoms with E-state index in [1.807, 2.05) is 44.3 Å². The summed E-state index contributed by atoms with van der Waals surface area (Å²) < 4.78 is 0. The molecule has 0 fully saturated rings. The average molecular weight is 411 g/mol. The number of pyridine rings is 3. The third kappa shape index (κ3) is 3.75. The van der Waals surface area contributed by atoms with E-state index in [1.165, 1.54) is 0 Å². The van der Waals surface area contributed by atoms with Crippen molar-refractivity contribution in [1.29, 1.82) is 0 Å². The Hall–Kier alpha value is -4.07. The molecule has 5 heterocycles. The Bertz CT molecular complexity index is 1370. The number of fused-ring (bicyclic) bond motifs is 2. The van der Waals surface area contributed by atoms with Gasteiger partial charge < -0.3 is 10.3 Å². The maximum atomic E-state index is 12.1. The molecule has 0 saturated heterocycles. The standard InChI is InChI=1S/C23H21N7O/c1-13(2)5-22(31)27-16-6-14(10-25-11-16)19-8-17-21(12-26-19)29-30-23(17)20-7-15-9-24-4-3-18(15)28-20/h3-4,6-13,28H,5H2,1-2H3,(H,27,31)(H,29,30). The first-order valence-corrected chi connectivity index (χ1v) is 10.1. The molecule has 8 nitrogen and oxygen atoms in total. The first-order valence-electron chi connectivity index (χ1n) is 10.1. The molecule has 0 aliphatic rings. The van der Waals surface area contributed by atoms with Crippen LogP contribution in [-0.4, -0.2) is 36.0 Å². The summed E-state index contributed by atoms with van der Waals surface area (Å²) >= 11 is 0. The normalized spacial score (nSPS) is 11.5. The van der Waals surface area contributed by atoms with Gasteiger partial charge in [-0.05, 0) is 30.2 Å². The van der Waals surface area contributed by atoms with Crippen molar-refractivity contribution in [2.24, 2.45) is 5.92 Å². The summed E-state index contributed by atoms with van der Waals surface area (Å²) in [5.74, 6) is 0.267. The van der Waals surface area contributed by atoms with Crippen molar-refractivity contribution in [3.05, 3.63) is 55.2 Å². The smallest absolute Gasteiger partial charge is 0.224 e. The van der Waals surface area contributed by atoms with Gasteiger partial charge in [0.2, 0.25) is 5.91 Å². The van der Waals surface area contributed by atoms with Crippen LogP contribution in [0.25, 0.3) is 44.5 Å². The SMILES string of the molecule is CC(C)CC(=O)Nc1cncc(-c2cc3c(-c4cc5cnccc5[nH]4)n[nH]c3cn2)c1. The molecule has 3 N–H and O–H groups in total. The summed E-state index contributed by atoms with van der Waals surface area (Å²) in [5, 5.41) is 12.4. The molecule has 8 heteroatoms. The topological polar surface area (TPSA) is 112 Å². The lowest BCUT2D eigenvalue weighted by Gasteiger charge is -2.08. The van der Waals surface area contributed by atoms with Crippen molar-refractivity contribution in [1.82, 2.24) is 30.1 Å². The summed E-state index contributed by atoms with van der Waals surface area (Å²) in [6.07, 6.45) is 9.18. The highest BCUT2D eigenvalue weighted by molar-refractivity contribution is 5.97. The van der Waals surface area contributed by atoms with Crippen LogP contribution in [-0.2, 0) is 4.79 Å². The number of carbonyl (C=O) groups is 1. The van der Waals surface area contributed by atoms with Crippen LogP contribution in [0.2, 0.25) is 0 Å². The molecule has 0 unspecified atom stereocenters. The molecular formula is C23H21N7O. The number of H-pyrrole nitrogens is 2. The number of rotatable bonds is 5. The Kier molecular flexibility index (Phi) is 4.66. The highest BCUT2D eigenvalue weighted by atomic mass is 16.1. The number of amides is 1. The molecule has 0 atom stereocenters. The first-order chi connectivity index (χ1) is 15.1. The van der Waals surface area contributed by atoms with Gasteiger partial charge in [-0.3, -0.25) is 24.8 Å². The van der Waals surface area contributed by atoms with Crippen molar-refractivity contribution in [2.75, 3.05) is 5.32 Å². The van der Waals surface area contributed by atoms with Gasteiger partial charge in [-0.2, -0.15) is 5.10 Å². The Balaban J connectivity index is 1.51. The van der Waals surface area contributed by atoms with E-state index in [0.29, 0.717) is 18.0 Å². The fourth-order valence-corrected chi connectivity index (χ4v) is 3.61. The fourth-order valence-electron chi connectivity index (χ4n) is 3.61. The summed E-state index contributed by atoms with van der Waals surface area (Å²) in [7, 11) is 0. The lowest BCUT2D eigenvalue weighted by Crippen LogP contribution is -2.13. The predicted octanol–water partition coefficient (Wildman–Crippen LogP) is 4.55. The molecular weight excluding hydrogens is 390 g/mol.